The van der Waals surface area contributed by atoms with Gasteiger partial charge < -0.3 is 9.52 Å². The number of hydrogen-bond donors (Lipinski definition) is 2. The van der Waals surface area contributed by atoms with Gasteiger partial charge in [0.2, 0.25) is 10.0 Å². The van der Waals surface area contributed by atoms with Gasteiger partial charge >= 0.3 is 0 Å². The van der Waals surface area contributed by atoms with Crippen LogP contribution in [0.15, 0.2) is 56.4 Å². The van der Waals surface area contributed by atoms with Gasteiger partial charge in [-0.3, -0.25) is 0 Å². The molecule has 2 N–H and O–H groups in total. The topological polar surface area (TPSA) is 79.5 Å². The smallest absolute Gasteiger partial charge is 0.240 e. The molecule has 0 amide bonds. The standard InChI is InChI=1S/C17H22BrNO4S/c1-12(2)10-15(17-4-3-9-23-17)16(11-20)19-24(21,22)14-7-5-13(18)6-8-14/h3-9,12,15-16,19-20H,10-11H2,1-2H3/t15-,16+/m0/s1. The first-order valence-corrected chi connectivity index (χ1v) is 10.0. The normalized spacial score (nSPS) is 14.7. The van der Waals surface area contributed by atoms with Gasteiger partial charge in [0.05, 0.1) is 23.8 Å². The van der Waals surface area contributed by atoms with Crippen molar-refractivity contribution in [3.05, 3.63) is 52.9 Å². The Morgan fingerprint density at radius 1 is 1.21 bits per heavy atom. The highest BCUT2D eigenvalue weighted by Gasteiger charge is 2.30. The Morgan fingerprint density at radius 2 is 1.88 bits per heavy atom. The first kappa shape index (κ1) is 19.2. The average molecular weight is 416 g/mol. The number of furan rings is 1. The van der Waals surface area contributed by atoms with Gasteiger partial charge in [0.25, 0.3) is 0 Å². The lowest BCUT2D eigenvalue weighted by Crippen LogP contribution is -2.42. The molecule has 5 nitrogen and oxygen atoms in total. The number of aliphatic hydroxyl groups excluding tert-OH is 1. The highest BCUT2D eigenvalue weighted by Crippen LogP contribution is 2.29. The third-order valence-corrected chi connectivity index (χ3v) is 5.78. The molecule has 0 spiro atoms. The van der Waals surface area contributed by atoms with Crippen LogP contribution in [0.3, 0.4) is 0 Å². The molecule has 0 saturated heterocycles. The fraction of sp³-hybridized carbons (Fsp3) is 0.412. The lowest BCUT2D eigenvalue weighted by molar-refractivity contribution is 0.218. The number of rotatable bonds is 8. The van der Waals surface area contributed by atoms with Gasteiger partial charge in [-0.05, 0) is 48.7 Å². The fourth-order valence-electron chi connectivity index (χ4n) is 2.62. The van der Waals surface area contributed by atoms with Crippen LogP contribution in [-0.4, -0.2) is 26.2 Å². The predicted molar refractivity (Wildman–Crippen MR) is 96.2 cm³/mol. The summed E-state index contributed by atoms with van der Waals surface area (Å²) in [4.78, 5) is 0.159. The second-order valence-corrected chi connectivity index (χ2v) is 8.75. The van der Waals surface area contributed by atoms with E-state index in [4.69, 9.17) is 4.42 Å². The van der Waals surface area contributed by atoms with Crippen molar-refractivity contribution < 1.29 is 17.9 Å². The van der Waals surface area contributed by atoms with E-state index in [1.54, 1.807) is 24.5 Å². The number of hydrogen-bond acceptors (Lipinski definition) is 4. The minimum Gasteiger partial charge on any atom is -0.469 e. The van der Waals surface area contributed by atoms with Crippen molar-refractivity contribution in [1.29, 1.82) is 0 Å². The van der Waals surface area contributed by atoms with E-state index in [-0.39, 0.29) is 17.4 Å². The summed E-state index contributed by atoms with van der Waals surface area (Å²) in [6.07, 6.45) is 2.25. The SMILES string of the molecule is CC(C)C[C@H](c1ccco1)[C@@H](CO)NS(=O)(=O)c1ccc(Br)cc1. The molecule has 1 aromatic heterocycles. The zero-order chi connectivity index (χ0) is 17.7. The van der Waals surface area contributed by atoms with Crippen molar-refractivity contribution in [2.45, 2.75) is 37.1 Å². The number of nitrogens with one attached hydrogen (secondary N) is 1. The second kappa shape index (κ2) is 8.29. The lowest BCUT2D eigenvalue weighted by atomic mass is 9.89. The van der Waals surface area contributed by atoms with E-state index in [1.165, 1.54) is 12.1 Å². The molecule has 0 radical (unpaired) electrons. The first-order chi connectivity index (χ1) is 11.3. The van der Waals surface area contributed by atoms with Crippen LogP contribution in [0.5, 0.6) is 0 Å². The molecule has 24 heavy (non-hydrogen) atoms. The Bertz CT molecular complexity index is 726. The van der Waals surface area contributed by atoms with E-state index in [0.717, 1.165) is 4.47 Å². The molecule has 2 rings (SSSR count). The van der Waals surface area contributed by atoms with Crippen LogP contribution in [0, 0.1) is 5.92 Å². The monoisotopic (exact) mass is 415 g/mol. The molecule has 132 valence electrons. The summed E-state index contributed by atoms with van der Waals surface area (Å²) < 4.78 is 34.1. The highest BCUT2D eigenvalue weighted by atomic mass is 79.9. The van der Waals surface area contributed by atoms with E-state index in [0.29, 0.717) is 18.1 Å². The van der Waals surface area contributed by atoms with Gasteiger partial charge in [0, 0.05) is 10.4 Å². The van der Waals surface area contributed by atoms with Crippen LogP contribution < -0.4 is 4.72 Å². The number of benzene rings is 1. The lowest BCUT2D eigenvalue weighted by Gasteiger charge is -2.26. The van der Waals surface area contributed by atoms with Crippen molar-refractivity contribution >= 4 is 26.0 Å². The molecule has 2 atom stereocenters. The van der Waals surface area contributed by atoms with Gasteiger partial charge in [0.1, 0.15) is 5.76 Å². The van der Waals surface area contributed by atoms with E-state index >= 15 is 0 Å². The predicted octanol–water partition coefficient (Wildman–Crippen LogP) is 3.51. The van der Waals surface area contributed by atoms with Crippen LogP contribution in [0.4, 0.5) is 0 Å². The largest absolute Gasteiger partial charge is 0.469 e. The molecule has 2 aromatic rings. The summed E-state index contributed by atoms with van der Waals surface area (Å²) in [5.41, 5.74) is 0. The van der Waals surface area contributed by atoms with E-state index in [9.17, 15) is 13.5 Å². The Balaban J connectivity index is 2.26. The number of sulfonamides is 1. The van der Waals surface area contributed by atoms with Crippen molar-refractivity contribution in [2.75, 3.05) is 6.61 Å². The minimum atomic E-state index is -3.73. The summed E-state index contributed by atoms with van der Waals surface area (Å²) in [5.74, 6) is 0.753. The molecule has 0 aliphatic carbocycles. The van der Waals surface area contributed by atoms with Gasteiger partial charge in [-0.2, -0.15) is 0 Å². The maximum atomic E-state index is 12.6. The summed E-state index contributed by atoms with van der Waals surface area (Å²) in [6.45, 7) is 3.79. The zero-order valence-corrected chi connectivity index (χ0v) is 16.0. The van der Waals surface area contributed by atoms with Crippen molar-refractivity contribution in [1.82, 2.24) is 4.72 Å². The first-order valence-electron chi connectivity index (χ1n) is 7.75. The maximum Gasteiger partial charge on any atom is 0.240 e. The Kier molecular flexibility index (Phi) is 6.62. The molecule has 0 fully saturated rings. The summed E-state index contributed by atoms with van der Waals surface area (Å²) in [5, 5.41) is 9.79. The van der Waals surface area contributed by atoms with Crippen LogP contribution in [0.1, 0.15) is 31.9 Å². The molecule has 0 saturated carbocycles. The quantitative estimate of drug-likeness (QED) is 0.690. The molecule has 7 heteroatoms. The highest BCUT2D eigenvalue weighted by molar-refractivity contribution is 9.10. The van der Waals surface area contributed by atoms with Gasteiger partial charge in [-0.25, -0.2) is 13.1 Å². The number of halogens is 1. The molecule has 1 heterocycles. The fourth-order valence-corrected chi connectivity index (χ4v) is 4.15. The second-order valence-electron chi connectivity index (χ2n) is 6.12. The third kappa shape index (κ3) is 4.92. The third-order valence-electron chi connectivity index (χ3n) is 3.75. The molecule has 0 aliphatic rings. The van der Waals surface area contributed by atoms with Crippen molar-refractivity contribution in [3.8, 4) is 0 Å². The molecule has 0 aliphatic heterocycles. The average Bonchev–Trinajstić information content (AvgIpc) is 3.05. The van der Waals surface area contributed by atoms with E-state index in [2.05, 4.69) is 20.7 Å². The summed E-state index contributed by atoms with van der Waals surface area (Å²) >= 11 is 3.29. The molecule has 1 aromatic carbocycles. The Hall–Kier alpha value is -1.15. The molecule has 0 bridgehead atoms. The van der Waals surface area contributed by atoms with Gasteiger partial charge in [-0.1, -0.05) is 29.8 Å². The van der Waals surface area contributed by atoms with Gasteiger partial charge in [-0.15, -0.1) is 0 Å². The molecular formula is C17H22BrNO4S. The van der Waals surface area contributed by atoms with Gasteiger partial charge in [0.15, 0.2) is 0 Å². The van der Waals surface area contributed by atoms with E-state index < -0.39 is 16.1 Å². The summed E-state index contributed by atoms with van der Waals surface area (Å²) in [7, 11) is -3.73. The minimum absolute atomic E-state index is 0.159. The zero-order valence-electron chi connectivity index (χ0n) is 13.6. The van der Waals surface area contributed by atoms with Crippen LogP contribution in [0.2, 0.25) is 0 Å². The number of aliphatic hydroxyl groups is 1. The van der Waals surface area contributed by atoms with Crippen LogP contribution in [0.25, 0.3) is 0 Å². The van der Waals surface area contributed by atoms with Crippen molar-refractivity contribution in [3.63, 3.8) is 0 Å². The summed E-state index contributed by atoms with van der Waals surface area (Å²) in [6, 6.07) is 9.29. The Morgan fingerprint density at radius 3 is 2.38 bits per heavy atom. The van der Waals surface area contributed by atoms with E-state index in [1.807, 2.05) is 19.9 Å². The molecule has 0 unspecified atom stereocenters. The van der Waals surface area contributed by atoms with Crippen LogP contribution in [-0.2, 0) is 10.0 Å². The maximum absolute atomic E-state index is 12.6. The Labute approximate surface area is 151 Å². The van der Waals surface area contributed by atoms with Crippen LogP contribution >= 0.6 is 15.9 Å². The van der Waals surface area contributed by atoms with Crippen molar-refractivity contribution in [2.24, 2.45) is 5.92 Å². The molecular weight excluding hydrogens is 394 g/mol.